The summed E-state index contributed by atoms with van der Waals surface area (Å²) in [6.07, 6.45) is 9.64. The molecule has 0 saturated carbocycles. The number of fused-ring (bicyclic) bond motifs is 1. The van der Waals surface area contributed by atoms with Gasteiger partial charge in [-0.2, -0.15) is 0 Å². The highest BCUT2D eigenvalue weighted by atomic mass is 35.5. The van der Waals surface area contributed by atoms with Gasteiger partial charge in [-0.05, 0) is 199 Å². The highest BCUT2D eigenvalue weighted by molar-refractivity contribution is 6.30. The van der Waals surface area contributed by atoms with E-state index >= 15 is 33.6 Å². The number of halogens is 1. The molecule has 8 rings (SSSR count). The molecule has 0 radical (unpaired) electrons. The standard InChI is InChI=1S/C99H132ClN23O18/c1-61(2)51-78(91(133)116-77(36-17-18-43-103-62(3)4)99(141)123-50-26-37-83(123)96(138)111-63(5)86(101)128)117-90(132)74(33-14-24-49-109-87(129)71-30-11-19-44-104-71)114-88(130)72(31-12-22-47-107-84(126)58-121(7)97(139)75-34-15-20-45-105-75)113-89(131)73(32-13-23-48-108-85(127)59-122(8)98(140)76-35-16-21-46-106-76)115-95(137)82(60-124)120-94(136)81(54-66-27-25-42-102-56-66)119-93(135)80(53-65-38-40-69(100)41-39-65)118-92(134)79(112-64(6)125)55-67-52-68-28-9-10-29-70(68)110-57-67/h9-11,15-16,19-21,25,27-30,34-35,38-42,44-46,52,56-57,61-63,72-74,77-83,103,124H,12-14,17-18,22-24,26,31-33,36-37,43,47-51,53-55,58-60H2,1-8H3,(H2,101,128)(H,107,126)(H,108,127)(H,109,129)(H,111,138)(H,112,125)(H,113,131)(H,114,130)(H,115,137)(H,116,133)(H,117,132)(H,118,134)(H,119,135)(H,120,136)/t63-,72+,73+,74-,77+,78+,79-,80-,81-,82+,83+/m1/s1. The number of pyridine rings is 5. The van der Waals surface area contributed by atoms with Crippen LogP contribution in [0, 0.1) is 5.92 Å². The van der Waals surface area contributed by atoms with Crippen LogP contribution in [0.1, 0.15) is 186 Å². The lowest BCUT2D eigenvalue weighted by Crippen LogP contribution is -2.61. The maximum atomic E-state index is 15.6. The van der Waals surface area contributed by atoms with Crippen LogP contribution in [0.5, 0.6) is 0 Å². The molecule has 0 unspecified atom stereocenters. The summed E-state index contributed by atoms with van der Waals surface area (Å²) >= 11 is 6.30. The summed E-state index contributed by atoms with van der Waals surface area (Å²) in [6, 6.07) is 17.0. The van der Waals surface area contributed by atoms with Crippen LogP contribution in [0.4, 0.5) is 0 Å². The average molecular weight is 1970 g/mol. The zero-order chi connectivity index (χ0) is 102. The molecule has 17 amide bonds. The summed E-state index contributed by atoms with van der Waals surface area (Å²) in [5.74, 6) is -13.4. The molecule has 1 aliphatic heterocycles. The molecule has 2 aromatic carbocycles. The molecule has 0 aliphatic carbocycles. The molecule has 1 saturated heterocycles. The number of aromatic nitrogens is 5. The van der Waals surface area contributed by atoms with Crippen LogP contribution in [-0.4, -0.2) is 284 Å². The third-order valence-electron chi connectivity index (χ3n) is 23.1. The van der Waals surface area contributed by atoms with Crippen LogP contribution >= 0.6 is 11.6 Å². The molecule has 5 aromatic heterocycles. The van der Waals surface area contributed by atoms with Crippen LogP contribution in [0.3, 0.4) is 0 Å². The van der Waals surface area contributed by atoms with Gasteiger partial charge < -0.3 is 100.0 Å². The van der Waals surface area contributed by atoms with Gasteiger partial charge in [0, 0.05) is 120 Å². The molecule has 1 aliphatic rings. The summed E-state index contributed by atoms with van der Waals surface area (Å²) in [4.78, 5) is 266. The number of likely N-dealkylation sites (N-methyl/N-ethyl adjacent to an activating group) is 2. The van der Waals surface area contributed by atoms with E-state index in [0.29, 0.717) is 53.0 Å². The summed E-state index contributed by atoms with van der Waals surface area (Å²) < 4.78 is 0. The fourth-order valence-corrected chi connectivity index (χ4v) is 15.7. The molecule has 758 valence electrons. The van der Waals surface area contributed by atoms with Gasteiger partial charge in [-0.15, -0.1) is 0 Å². The molecule has 1 fully saturated rings. The first-order valence-electron chi connectivity index (χ1n) is 47.5. The van der Waals surface area contributed by atoms with E-state index in [0.717, 1.165) is 15.2 Å². The van der Waals surface area contributed by atoms with Crippen LogP contribution < -0.4 is 80.2 Å². The van der Waals surface area contributed by atoms with Crippen molar-refractivity contribution in [2.75, 3.05) is 66.5 Å². The predicted octanol–water partition coefficient (Wildman–Crippen LogP) is 1.78. The Kier molecular flexibility index (Phi) is 46.5. The minimum Gasteiger partial charge on any atom is -0.394 e. The monoisotopic (exact) mass is 1970 g/mol. The fraction of sp³-hybridized carbons (Fsp3) is 0.475. The normalized spacial score (nSPS) is 14.3. The van der Waals surface area contributed by atoms with Crippen LogP contribution in [0.25, 0.3) is 10.9 Å². The number of aliphatic hydroxyl groups is 1. The van der Waals surface area contributed by atoms with E-state index in [2.05, 4.69) is 99.4 Å². The zero-order valence-corrected chi connectivity index (χ0v) is 81.6. The number of amides is 17. The molecule has 11 atom stereocenters. The fourth-order valence-electron chi connectivity index (χ4n) is 15.6. The van der Waals surface area contributed by atoms with Crippen molar-refractivity contribution in [1.82, 2.24) is 114 Å². The van der Waals surface area contributed by atoms with E-state index in [1.165, 1.54) is 82.0 Å². The Bertz CT molecular complexity index is 5350. The van der Waals surface area contributed by atoms with Crippen molar-refractivity contribution in [3.05, 3.63) is 197 Å². The number of para-hydroxylation sites is 1. The quantitative estimate of drug-likeness (QED) is 0.0242. The third kappa shape index (κ3) is 38.4. The van der Waals surface area contributed by atoms with Gasteiger partial charge >= 0.3 is 0 Å². The number of primary amides is 1. The Morgan fingerprint density at radius 2 is 0.887 bits per heavy atom. The minimum absolute atomic E-state index is 0.00387. The Balaban J connectivity index is 1.11. The van der Waals surface area contributed by atoms with Crippen molar-refractivity contribution in [3.63, 3.8) is 0 Å². The largest absolute Gasteiger partial charge is 0.394 e. The lowest BCUT2D eigenvalue weighted by molar-refractivity contribution is -0.142. The van der Waals surface area contributed by atoms with Crippen molar-refractivity contribution in [1.29, 1.82) is 0 Å². The van der Waals surface area contributed by atoms with Gasteiger partial charge in [0.05, 0.1) is 25.2 Å². The Labute approximate surface area is 824 Å². The maximum absolute atomic E-state index is 15.6. The Morgan fingerprint density at radius 1 is 0.447 bits per heavy atom. The number of hydrogen-bond donors (Lipinski definition) is 16. The summed E-state index contributed by atoms with van der Waals surface area (Å²) in [5, 5.41) is 51.1. The molecule has 0 spiro atoms. The number of nitrogens with two attached hydrogens (primary N) is 1. The highest BCUT2D eigenvalue weighted by Crippen LogP contribution is 2.23. The summed E-state index contributed by atoms with van der Waals surface area (Å²) in [7, 11) is 2.82. The lowest BCUT2D eigenvalue weighted by Gasteiger charge is -2.31. The van der Waals surface area contributed by atoms with Gasteiger partial charge in [-0.1, -0.05) is 93.9 Å². The zero-order valence-electron chi connectivity index (χ0n) is 80.8. The minimum atomic E-state index is -1.94. The molecule has 17 N–H and O–H groups in total. The number of aliphatic hydroxyl groups excluding tert-OH is 1. The van der Waals surface area contributed by atoms with E-state index < -0.39 is 180 Å². The number of hydrogen-bond acceptors (Lipinski definition) is 24. The van der Waals surface area contributed by atoms with Crippen molar-refractivity contribution < 1.29 is 86.6 Å². The highest BCUT2D eigenvalue weighted by Gasteiger charge is 2.41. The van der Waals surface area contributed by atoms with Crippen LogP contribution in [0.15, 0.2) is 159 Å². The average Bonchev–Trinajstić information content (AvgIpc) is 1.74. The molecule has 42 heteroatoms. The number of carbonyl (C=O) groups excluding carboxylic acids is 17. The molecular weight excluding hydrogens is 1830 g/mol. The van der Waals surface area contributed by atoms with Crippen molar-refractivity contribution >= 4 is 123 Å². The van der Waals surface area contributed by atoms with E-state index in [-0.39, 0.29) is 158 Å². The molecular formula is C99H132ClN23O18. The van der Waals surface area contributed by atoms with Crippen LogP contribution in [0.2, 0.25) is 5.02 Å². The Hall–Kier alpha value is -14.3. The second-order valence-electron chi connectivity index (χ2n) is 35.5. The van der Waals surface area contributed by atoms with Gasteiger partial charge in [0.1, 0.15) is 83.5 Å². The van der Waals surface area contributed by atoms with Crippen molar-refractivity contribution in [2.24, 2.45) is 11.7 Å². The van der Waals surface area contributed by atoms with E-state index in [9.17, 15) is 53.1 Å². The molecule has 0 bridgehead atoms. The predicted molar refractivity (Wildman–Crippen MR) is 523 cm³/mol. The lowest BCUT2D eigenvalue weighted by atomic mass is 10.00. The van der Waals surface area contributed by atoms with E-state index in [1.807, 2.05) is 44.2 Å². The smallest absolute Gasteiger partial charge is 0.272 e. The van der Waals surface area contributed by atoms with Gasteiger partial charge in [0.2, 0.25) is 82.7 Å². The number of rotatable bonds is 58. The molecule has 6 heterocycles. The molecule has 141 heavy (non-hydrogen) atoms. The topological polar surface area (TPSA) is 579 Å². The van der Waals surface area contributed by atoms with Crippen LogP contribution in [-0.2, 0) is 86.4 Å². The number of carbonyl (C=O) groups is 17. The van der Waals surface area contributed by atoms with Gasteiger partial charge in [0.25, 0.3) is 17.7 Å². The van der Waals surface area contributed by atoms with E-state index in [1.54, 1.807) is 92.8 Å². The van der Waals surface area contributed by atoms with Crippen molar-refractivity contribution in [3.8, 4) is 0 Å². The van der Waals surface area contributed by atoms with Crippen molar-refractivity contribution in [2.45, 2.75) is 230 Å². The first kappa shape index (κ1) is 112. The number of likely N-dealkylation sites (tertiary alicyclic amines) is 1. The maximum Gasteiger partial charge on any atom is 0.272 e. The molecule has 7 aromatic rings. The first-order chi connectivity index (χ1) is 67.5. The number of unbranched alkanes of at least 4 members (excludes halogenated alkanes) is 4. The summed E-state index contributed by atoms with van der Waals surface area (Å²) in [6.45, 7) is 8.88. The van der Waals surface area contributed by atoms with Gasteiger partial charge in [-0.25, -0.2) is 0 Å². The van der Waals surface area contributed by atoms with Gasteiger partial charge in [0.15, 0.2) is 0 Å². The van der Waals surface area contributed by atoms with Gasteiger partial charge in [-0.3, -0.25) is 106 Å². The molecule has 41 nitrogen and oxygen atoms in total. The SMILES string of the molecule is CC(=O)N[C@H](Cc1cnc2ccccc2c1)C(=O)N[C@H](Cc1ccc(Cl)cc1)C(=O)N[C@H](Cc1cccnc1)C(=O)N[C@@H](CO)C(=O)N[C@@H](CCCCNC(=O)CN(C)C(=O)c1ccccn1)C(=O)N[C@@H](CCCCNC(=O)CN(C)C(=O)c1ccccn1)C(=O)N[C@H](CCCCNC(=O)c1ccccn1)C(=O)N[C@@H](CC(C)C)C(=O)N[C@@H](CCCCNC(C)C)C(=O)N1CCC[C@H]1C(=O)N[C@H](C)C(N)=O. The summed E-state index contributed by atoms with van der Waals surface area (Å²) in [5.41, 5.74) is 7.92. The van der Waals surface area contributed by atoms with E-state index in [4.69, 9.17) is 17.3 Å². The number of benzene rings is 2. The first-order valence-corrected chi connectivity index (χ1v) is 47.9. The second kappa shape index (κ2) is 58.5. The Morgan fingerprint density at radius 3 is 1.38 bits per heavy atom. The number of nitrogens with zero attached hydrogens (tertiary/aromatic N) is 8. The second-order valence-corrected chi connectivity index (χ2v) is 36.0. The third-order valence-corrected chi connectivity index (χ3v) is 23.4. The number of nitrogens with one attached hydrogen (secondary N) is 14.